The summed E-state index contributed by atoms with van der Waals surface area (Å²) in [5, 5.41) is 0.0488. The Morgan fingerprint density at radius 1 is 1.29 bits per heavy atom. The summed E-state index contributed by atoms with van der Waals surface area (Å²) in [6.45, 7) is 1.59. The van der Waals surface area contributed by atoms with Crippen molar-refractivity contribution >= 4 is 22.6 Å². The number of benzene rings is 1. The molecular formula is C14H18F3N3S. The zero-order chi connectivity index (χ0) is 15.8. The number of anilines is 1. The molecule has 0 saturated heterocycles. The second-order valence-electron chi connectivity index (χ2n) is 5.52. The monoisotopic (exact) mass is 317 g/mol. The number of rotatable bonds is 3. The van der Waals surface area contributed by atoms with Crippen LogP contribution >= 0.6 is 11.8 Å². The molecule has 0 amide bonds. The van der Waals surface area contributed by atoms with Crippen molar-refractivity contribution in [2.24, 2.45) is 16.6 Å². The van der Waals surface area contributed by atoms with E-state index in [9.17, 15) is 13.2 Å². The lowest BCUT2D eigenvalue weighted by molar-refractivity contribution is 0.166. The van der Waals surface area contributed by atoms with Gasteiger partial charge in [0.25, 0.3) is 0 Å². The molecule has 0 fully saturated rings. The molecular weight excluding hydrogens is 299 g/mol. The number of nitrogens with two attached hydrogens (primary N) is 2. The highest BCUT2D eigenvalue weighted by atomic mass is 32.2. The molecule has 4 N–H and O–H groups in total. The first kappa shape index (κ1) is 16.0. The van der Waals surface area contributed by atoms with Crippen molar-refractivity contribution in [1.82, 2.24) is 0 Å². The summed E-state index contributed by atoms with van der Waals surface area (Å²) in [6, 6.07) is 3.89. The number of nitrogens with zero attached hydrogens (tertiary/aromatic N) is 1. The summed E-state index contributed by atoms with van der Waals surface area (Å²) in [5.41, 5.74) is 10.2. The Kier molecular flexibility index (Phi) is 4.15. The van der Waals surface area contributed by atoms with Crippen molar-refractivity contribution in [3.05, 3.63) is 29.6 Å². The van der Waals surface area contributed by atoms with Crippen LogP contribution in [0, 0.1) is 11.7 Å². The Morgan fingerprint density at radius 2 is 1.95 bits per heavy atom. The van der Waals surface area contributed by atoms with Crippen molar-refractivity contribution in [3.8, 4) is 0 Å². The van der Waals surface area contributed by atoms with Gasteiger partial charge < -0.3 is 11.5 Å². The standard InChI is InChI=1S/C14H18F3N3S/c1-8-13(2,6-15)21-12(19)20-14(8,7-16)10-5-9(18)3-4-11(10)17/h3-5,8H,6-7,18H2,1-2H3,(H2,19,20)/t8-,13-,14+/m1/s1. The van der Waals surface area contributed by atoms with Crippen LogP contribution in [0.4, 0.5) is 18.9 Å². The first-order valence-electron chi connectivity index (χ1n) is 6.51. The molecule has 1 aromatic rings. The second kappa shape index (κ2) is 5.44. The van der Waals surface area contributed by atoms with Crippen LogP contribution in [0.15, 0.2) is 23.2 Å². The van der Waals surface area contributed by atoms with Crippen LogP contribution in [0.5, 0.6) is 0 Å². The Bertz CT molecular complexity index is 581. The molecule has 3 nitrogen and oxygen atoms in total. The molecule has 0 unspecified atom stereocenters. The van der Waals surface area contributed by atoms with Crippen LogP contribution in [0.1, 0.15) is 19.4 Å². The third-order valence-corrected chi connectivity index (χ3v) is 5.44. The molecule has 0 aromatic heterocycles. The summed E-state index contributed by atoms with van der Waals surface area (Å²) in [6.07, 6.45) is 0. The summed E-state index contributed by atoms with van der Waals surface area (Å²) in [5.74, 6) is -1.23. The van der Waals surface area contributed by atoms with E-state index in [0.717, 1.165) is 17.8 Å². The van der Waals surface area contributed by atoms with Crippen LogP contribution in [-0.4, -0.2) is 23.3 Å². The largest absolute Gasteiger partial charge is 0.399 e. The van der Waals surface area contributed by atoms with Gasteiger partial charge in [-0.05, 0) is 25.1 Å². The van der Waals surface area contributed by atoms with E-state index in [4.69, 9.17) is 11.5 Å². The Morgan fingerprint density at radius 3 is 2.52 bits per heavy atom. The molecule has 0 bridgehead atoms. The summed E-state index contributed by atoms with van der Waals surface area (Å²) in [7, 11) is 0. The molecule has 7 heteroatoms. The molecule has 0 radical (unpaired) electrons. The van der Waals surface area contributed by atoms with Crippen LogP contribution in [0.2, 0.25) is 0 Å². The molecule has 0 aliphatic carbocycles. The van der Waals surface area contributed by atoms with Gasteiger partial charge in [0.1, 0.15) is 24.7 Å². The van der Waals surface area contributed by atoms with Gasteiger partial charge in [-0.3, -0.25) is 0 Å². The van der Waals surface area contributed by atoms with Gasteiger partial charge in [-0.25, -0.2) is 18.2 Å². The van der Waals surface area contributed by atoms with Crippen molar-refractivity contribution < 1.29 is 13.2 Å². The van der Waals surface area contributed by atoms with Crippen molar-refractivity contribution in [2.75, 3.05) is 19.1 Å². The predicted octanol–water partition coefficient (Wildman–Crippen LogP) is 3.00. The minimum atomic E-state index is -1.56. The van der Waals surface area contributed by atoms with Gasteiger partial charge in [0.15, 0.2) is 5.17 Å². The maximum atomic E-state index is 14.2. The van der Waals surface area contributed by atoms with Crippen LogP contribution in [0.25, 0.3) is 0 Å². The number of hydrogen-bond acceptors (Lipinski definition) is 4. The third kappa shape index (κ3) is 2.47. The van der Waals surface area contributed by atoms with E-state index < -0.39 is 35.4 Å². The zero-order valence-electron chi connectivity index (χ0n) is 11.9. The van der Waals surface area contributed by atoms with Crippen molar-refractivity contribution in [1.29, 1.82) is 0 Å². The first-order valence-corrected chi connectivity index (χ1v) is 7.32. The number of hydrogen-bond donors (Lipinski definition) is 2. The summed E-state index contributed by atoms with van der Waals surface area (Å²) < 4.78 is 40.7. The lowest BCUT2D eigenvalue weighted by Crippen LogP contribution is -2.52. The van der Waals surface area contributed by atoms with E-state index >= 15 is 0 Å². The molecule has 1 heterocycles. The van der Waals surface area contributed by atoms with E-state index in [1.165, 1.54) is 12.1 Å². The van der Waals surface area contributed by atoms with E-state index in [0.29, 0.717) is 5.69 Å². The molecule has 116 valence electrons. The number of halogens is 3. The van der Waals surface area contributed by atoms with Gasteiger partial charge in [0.05, 0.1) is 4.75 Å². The average molecular weight is 317 g/mol. The fraction of sp³-hybridized carbons (Fsp3) is 0.500. The fourth-order valence-electron chi connectivity index (χ4n) is 2.68. The maximum Gasteiger partial charge on any atom is 0.155 e. The number of amidine groups is 1. The second-order valence-corrected chi connectivity index (χ2v) is 7.07. The molecule has 1 aliphatic heterocycles. The van der Waals surface area contributed by atoms with Crippen molar-refractivity contribution in [2.45, 2.75) is 24.1 Å². The van der Waals surface area contributed by atoms with Gasteiger partial charge in [0.2, 0.25) is 0 Å². The Labute approximate surface area is 126 Å². The van der Waals surface area contributed by atoms with E-state index in [-0.39, 0.29) is 10.7 Å². The SMILES string of the molecule is C[C@@H]1[C@@](C)(CF)SC(N)=N[C@]1(CF)c1cc(N)ccc1F. The van der Waals surface area contributed by atoms with Crippen LogP contribution in [-0.2, 0) is 5.54 Å². The van der Waals surface area contributed by atoms with Gasteiger partial charge in [-0.1, -0.05) is 18.7 Å². The number of aliphatic imine (C=N–C) groups is 1. The summed E-state index contributed by atoms with van der Waals surface area (Å²) >= 11 is 1.05. The fourth-order valence-corrected chi connectivity index (χ4v) is 3.79. The molecule has 0 saturated carbocycles. The normalized spacial score (nSPS) is 32.8. The van der Waals surface area contributed by atoms with Gasteiger partial charge in [-0.2, -0.15) is 0 Å². The quantitative estimate of drug-likeness (QED) is 0.842. The van der Waals surface area contributed by atoms with Crippen LogP contribution in [0.3, 0.4) is 0 Å². The van der Waals surface area contributed by atoms with E-state index in [1.54, 1.807) is 13.8 Å². The first-order chi connectivity index (χ1) is 9.79. The highest BCUT2D eigenvalue weighted by Gasteiger charge is 2.53. The molecule has 0 spiro atoms. The molecule has 1 aliphatic rings. The zero-order valence-corrected chi connectivity index (χ0v) is 12.7. The van der Waals surface area contributed by atoms with Gasteiger partial charge in [-0.15, -0.1) is 0 Å². The van der Waals surface area contributed by atoms with E-state index in [2.05, 4.69) is 4.99 Å². The molecule has 21 heavy (non-hydrogen) atoms. The predicted molar refractivity (Wildman–Crippen MR) is 81.2 cm³/mol. The molecule has 1 aromatic carbocycles. The highest BCUT2D eigenvalue weighted by molar-refractivity contribution is 8.15. The number of nitrogen functional groups attached to an aromatic ring is 1. The maximum absolute atomic E-state index is 14.2. The lowest BCUT2D eigenvalue weighted by Gasteiger charge is -2.46. The Balaban J connectivity index is 2.69. The topological polar surface area (TPSA) is 64.4 Å². The smallest absolute Gasteiger partial charge is 0.155 e. The van der Waals surface area contributed by atoms with E-state index in [1.807, 2.05) is 0 Å². The van der Waals surface area contributed by atoms with Gasteiger partial charge in [0, 0.05) is 17.2 Å². The number of alkyl halides is 2. The van der Waals surface area contributed by atoms with Crippen molar-refractivity contribution in [3.63, 3.8) is 0 Å². The minimum Gasteiger partial charge on any atom is -0.399 e. The highest BCUT2D eigenvalue weighted by Crippen LogP contribution is 2.51. The number of thioether (sulfide) groups is 1. The van der Waals surface area contributed by atoms with Gasteiger partial charge >= 0.3 is 0 Å². The summed E-state index contributed by atoms with van der Waals surface area (Å²) in [4.78, 5) is 4.15. The average Bonchev–Trinajstić information content (AvgIpc) is 2.45. The molecule has 2 rings (SSSR count). The molecule has 3 atom stereocenters. The lowest BCUT2D eigenvalue weighted by atomic mass is 9.73. The third-order valence-electron chi connectivity index (χ3n) is 4.21. The minimum absolute atomic E-state index is 0.0143. The Hall–Kier alpha value is -1.37. The van der Waals surface area contributed by atoms with Crippen LogP contribution < -0.4 is 11.5 Å².